The lowest BCUT2D eigenvalue weighted by molar-refractivity contribution is 0.0956. The second-order valence-corrected chi connectivity index (χ2v) is 3.23. The fourth-order valence-electron chi connectivity index (χ4n) is 1.31. The van der Waals surface area contributed by atoms with Gasteiger partial charge in [-0.25, -0.2) is 0 Å². The second kappa shape index (κ2) is 4.47. The molecule has 0 heterocycles. The molecule has 0 aliphatic carbocycles. The molecule has 0 radical (unpaired) electrons. The predicted octanol–water partition coefficient (Wildman–Crippen LogP) is 1.20. The Morgan fingerprint density at radius 1 is 1.60 bits per heavy atom. The van der Waals surface area contributed by atoms with Gasteiger partial charge in [-0.3, -0.25) is 4.79 Å². The molecule has 15 heavy (non-hydrogen) atoms. The second-order valence-electron chi connectivity index (χ2n) is 3.23. The summed E-state index contributed by atoms with van der Waals surface area (Å²) in [4.78, 5) is 11.6. The number of carbonyl (C=O) groups excluding carboxylic acids is 1. The van der Waals surface area contributed by atoms with Crippen LogP contribution in [0.15, 0.2) is 12.1 Å². The van der Waals surface area contributed by atoms with Gasteiger partial charge >= 0.3 is 0 Å². The minimum Gasteiger partial charge on any atom is -0.398 e. The van der Waals surface area contributed by atoms with Crippen LogP contribution in [-0.4, -0.2) is 12.5 Å². The van der Waals surface area contributed by atoms with Gasteiger partial charge in [0, 0.05) is 12.2 Å². The Kier molecular flexibility index (Phi) is 3.29. The summed E-state index contributed by atoms with van der Waals surface area (Å²) in [5.74, 6) is -0.241. The Labute approximate surface area is 88.7 Å². The van der Waals surface area contributed by atoms with Crippen molar-refractivity contribution in [1.29, 1.82) is 5.26 Å². The zero-order chi connectivity index (χ0) is 11.4. The van der Waals surface area contributed by atoms with E-state index in [1.807, 2.05) is 13.0 Å². The topological polar surface area (TPSA) is 78.9 Å². The van der Waals surface area contributed by atoms with Crippen molar-refractivity contribution < 1.29 is 4.79 Å². The molecule has 1 rings (SSSR count). The van der Waals surface area contributed by atoms with E-state index in [0.29, 0.717) is 23.4 Å². The van der Waals surface area contributed by atoms with E-state index in [0.717, 1.165) is 5.56 Å². The molecule has 3 N–H and O–H groups in total. The van der Waals surface area contributed by atoms with Crippen LogP contribution in [0.4, 0.5) is 5.69 Å². The molecule has 1 aromatic carbocycles. The van der Waals surface area contributed by atoms with Crippen LogP contribution in [0.5, 0.6) is 0 Å². The smallest absolute Gasteiger partial charge is 0.253 e. The predicted molar refractivity (Wildman–Crippen MR) is 58.3 cm³/mol. The number of anilines is 1. The third-order valence-corrected chi connectivity index (χ3v) is 2.10. The number of nitrogens with one attached hydrogen (secondary N) is 1. The van der Waals surface area contributed by atoms with Gasteiger partial charge in [-0.05, 0) is 31.5 Å². The third-order valence-electron chi connectivity index (χ3n) is 2.10. The first-order valence-corrected chi connectivity index (χ1v) is 4.68. The summed E-state index contributed by atoms with van der Waals surface area (Å²) in [6.07, 6.45) is 0. The molecule has 1 aromatic rings. The molecule has 0 bridgehead atoms. The van der Waals surface area contributed by atoms with Crippen LogP contribution in [0.1, 0.15) is 28.4 Å². The van der Waals surface area contributed by atoms with Gasteiger partial charge in [-0.2, -0.15) is 5.26 Å². The Bertz CT molecular complexity index is 432. The Balaban J connectivity index is 3.23. The minimum absolute atomic E-state index is 0.241. The molecule has 4 nitrogen and oxygen atoms in total. The van der Waals surface area contributed by atoms with Gasteiger partial charge in [0.15, 0.2) is 0 Å². The lowest BCUT2D eigenvalue weighted by Gasteiger charge is -2.08. The number of nitriles is 1. The SMILES string of the molecule is CCNC(=O)c1cc(C#N)cc(C)c1N. The normalized spacial score (nSPS) is 9.40. The highest BCUT2D eigenvalue weighted by Crippen LogP contribution is 2.19. The van der Waals surface area contributed by atoms with Gasteiger partial charge in [0.05, 0.1) is 17.2 Å². The van der Waals surface area contributed by atoms with E-state index >= 15 is 0 Å². The van der Waals surface area contributed by atoms with Crippen molar-refractivity contribution in [2.24, 2.45) is 0 Å². The third kappa shape index (κ3) is 2.26. The Hall–Kier alpha value is -2.02. The molecule has 0 aromatic heterocycles. The number of rotatable bonds is 2. The molecule has 0 saturated heterocycles. The van der Waals surface area contributed by atoms with Crippen molar-refractivity contribution in [3.05, 3.63) is 28.8 Å². The van der Waals surface area contributed by atoms with Crippen molar-refractivity contribution in [1.82, 2.24) is 5.32 Å². The van der Waals surface area contributed by atoms with Gasteiger partial charge in [-0.1, -0.05) is 0 Å². The molecule has 0 unspecified atom stereocenters. The van der Waals surface area contributed by atoms with Crippen LogP contribution in [-0.2, 0) is 0 Å². The van der Waals surface area contributed by atoms with Gasteiger partial charge < -0.3 is 11.1 Å². The number of hydrogen-bond acceptors (Lipinski definition) is 3. The Morgan fingerprint density at radius 3 is 2.80 bits per heavy atom. The maximum atomic E-state index is 11.6. The number of nitrogens with two attached hydrogens (primary N) is 1. The van der Waals surface area contributed by atoms with Crippen LogP contribution in [0, 0.1) is 18.3 Å². The monoisotopic (exact) mass is 203 g/mol. The highest BCUT2D eigenvalue weighted by Gasteiger charge is 2.11. The van der Waals surface area contributed by atoms with Crippen molar-refractivity contribution in [2.75, 3.05) is 12.3 Å². The van der Waals surface area contributed by atoms with Gasteiger partial charge in [0.1, 0.15) is 0 Å². The first-order chi connectivity index (χ1) is 7.10. The Morgan fingerprint density at radius 2 is 2.27 bits per heavy atom. The summed E-state index contributed by atoms with van der Waals surface area (Å²) in [7, 11) is 0. The molecule has 1 amide bonds. The fraction of sp³-hybridized carbons (Fsp3) is 0.273. The molecule has 78 valence electrons. The lowest BCUT2D eigenvalue weighted by atomic mass is 10.0. The molecule has 0 atom stereocenters. The molecular formula is C11H13N3O. The number of amides is 1. The quantitative estimate of drug-likeness (QED) is 0.709. The number of nitrogen functional groups attached to an aromatic ring is 1. The van der Waals surface area contributed by atoms with Crippen LogP contribution < -0.4 is 11.1 Å². The van der Waals surface area contributed by atoms with E-state index in [1.165, 1.54) is 6.07 Å². The summed E-state index contributed by atoms with van der Waals surface area (Å²) in [5, 5.41) is 11.4. The number of carbonyl (C=O) groups is 1. The largest absolute Gasteiger partial charge is 0.398 e. The molecule has 4 heteroatoms. The van der Waals surface area contributed by atoms with Crippen LogP contribution in [0.25, 0.3) is 0 Å². The van der Waals surface area contributed by atoms with E-state index < -0.39 is 0 Å². The summed E-state index contributed by atoms with van der Waals surface area (Å²) in [6, 6.07) is 5.17. The first kappa shape index (κ1) is 11.1. The zero-order valence-electron chi connectivity index (χ0n) is 8.79. The van der Waals surface area contributed by atoms with E-state index in [-0.39, 0.29) is 5.91 Å². The number of hydrogen-bond donors (Lipinski definition) is 2. The highest BCUT2D eigenvalue weighted by atomic mass is 16.1. The summed E-state index contributed by atoms with van der Waals surface area (Å²) >= 11 is 0. The molecule has 0 aliphatic heterocycles. The molecular weight excluding hydrogens is 190 g/mol. The number of nitrogens with zero attached hydrogens (tertiary/aromatic N) is 1. The maximum Gasteiger partial charge on any atom is 0.253 e. The van der Waals surface area contributed by atoms with Crippen molar-refractivity contribution in [3.63, 3.8) is 0 Å². The molecule has 0 spiro atoms. The van der Waals surface area contributed by atoms with E-state index in [2.05, 4.69) is 5.32 Å². The minimum atomic E-state index is -0.241. The van der Waals surface area contributed by atoms with Crippen LogP contribution in [0.3, 0.4) is 0 Å². The first-order valence-electron chi connectivity index (χ1n) is 4.68. The summed E-state index contributed by atoms with van der Waals surface area (Å²) in [6.45, 7) is 4.14. The fourth-order valence-corrected chi connectivity index (χ4v) is 1.31. The molecule has 0 fully saturated rings. The van der Waals surface area contributed by atoms with Crippen molar-refractivity contribution in [3.8, 4) is 6.07 Å². The van der Waals surface area contributed by atoms with Gasteiger partial charge in [0.25, 0.3) is 5.91 Å². The zero-order valence-corrected chi connectivity index (χ0v) is 8.79. The van der Waals surface area contributed by atoms with E-state index in [4.69, 9.17) is 11.0 Å². The maximum absolute atomic E-state index is 11.6. The van der Waals surface area contributed by atoms with Gasteiger partial charge in [-0.15, -0.1) is 0 Å². The van der Waals surface area contributed by atoms with Crippen molar-refractivity contribution >= 4 is 11.6 Å². The lowest BCUT2D eigenvalue weighted by Crippen LogP contribution is -2.24. The number of benzene rings is 1. The van der Waals surface area contributed by atoms with Gasteiger partial charge in [0.2, 0.25) is 0 Å². The van der Waals surface area contributed by atoms with E-state index in [1.54, 1.807) is 13.0 Å². The van der Waals surface area contributed by atoms with E-state index in [9.17, 15) is 4.79 Å². The summed E-state index contributed by atoms with van der Waals surface area (Å²) in [5.41, 5.74) is 7.76. The highest BCUT2D eigenvalue weighted by molar-refractivity contribution is 6.00. The average molecular weight is 203 g/mol. The van der Waals surface area contributed by atoms with Crippen LogP contribution >= 0.6 is 0 Å². The summed E-state index contributed by atoms with van der Waals surface area (Å²) < 4.78 is 0. The van der Waals surface area contributed by atoms with Crippen molar-refractivity contribution in [2.45, 2.75) is 13.8 Å². The number of aryl methyl sites for hydroxylation is 1. The molecule has 0 aliphatic rings. The average Bonchev–Trinajstić information content (AvgIpc) is 2.22. The van der Waals surface area contributed by atoms with Crippen LogP contribution in [0.2, 0.25) is 0 Å². The standard InChI is InChI=1S/C11H13N3O/c1-3-14-11(15)9-5-8(6-12)4-7(2)10(9)13/h4-5H,3,13H2,1-2H3,(H,14,15). The molecule has 0 saturated carbocycles.